The quantitative estimate of drug-likeness (QED) is 0.614. The smallest absolute Gasteiger partial charge is 0.0587 e. The molecule has 0 aromatic heterocycles. The second-order valence-corrected chi connectivity index (χ2v) is 4.11. The van der Waals surface area contributed by atoms with Gasteiger partial charge in [0.1, 0.15) is 0 Å². The summed E-state index contributed by atoms with van der Waals surface area (Å²) in [4.78, 5) is 0. The van der Waals surface area contributed by atoms with E-state index >= 15 is 0 Å². The molecular formula is C10H21NO. The lowest BCUT2D eigenvalue weighted by molar-refractivity contribution is 0.198. The highest BCUT2D eigenvalue weighted by Gasteiger charge is 2.47. The normalized spacial score (nSPS) is 33.8. The van der Waals surface area contributed by atoms with Crippen molar-refractivity contribution in [2.75, 3.05) is 26.8 Å². The molecule has 2 nitrogen and oxygen atoms in total. The maximum atomic E-state index is 4.96. The first-order chi connectivity index (χ1) is 5.73. The van der Waals surface area contributed by atoms with Crippen molar-refractivity contribution in [1.82, 2.24) is 5.32 Å². The Balaban J connectivity index is 1.97. The highest BCUT2D eigenvalue weighted by Crippen LogP contribution is 2.54. The Morgan fingerprint density at radius 2 is 2.33 bits per heavy atom. The van der Waals surface area contributed by atoms with Crippen molar-refractivity contribution in [3.63, 3.8) is 0 Å². The molecule has 0 amide bonds. The molecule has 0 heterocycles. The fourth-order valence-corrected chi connectivity index (χ4v) is 1.71. The monoisotopic (exact) mass is 171 g/mol. The third kappa shape index (κ3) is 2.46. The molecule has 1 fully saturated rings. The minimum atomic E-state index is 0.653. The molecule has 2 atom stereocenters. The van der Waals surface area contributed by atoms with Crippen LogP contribution in [-0.4, -0.2) is 26.8 Å². The van der Waals surface area contributed by atoms with Crippen LogP contribution < -0.4 is 5.32 Å². The summed E-state index contributed by atoms with van der Waals surface area (Å²) >= 11 is 0. The standard InChI is InChI=1S/C10H21NO/c1-4-10(2)7-9(10)8-11-5-6-12-3/h9,11H,4-8H2,1-3H3. The molecule has 0 aromatic rings. The van der Waals surface area contributed by atoms with Crippen molar-refractivity contribution in [1.29, 1.82) is 0 Å². The van der Waals surface area contributed by atoms with E-state index in [4.69, 9.17) is 4.74 Å². The molecule has 0 aromatic carbocycles. The van der Waals surface area contributed by atoms with Gasteiger partial charge in [0.05, 0.1) is 6.61 Å². The Bertz CT molecular complexity index is 138. The molecule has 0 bridgehead atoms. The van der Waals surface area contributed by atoms with E-state index in [0.717, 1.165) is 19.1 Å². The predicted molar refractivity (Wildman–Crippen MR) is 51.3 cm³/mol. The number of ether oxygens (including phenoxy) is 1. The fourth-order valence-electron chi connectivity index (χ4n) is 1.71. The summed E-state index contributed by atoms with van der Waals surface area (Å²) in [6, 6.07) is 0. The van der Waals surface area contributed by atoms with E-state index in [-0.39, 0.29) is 0 Å². The Morgan fingerprint density at radius 1 is 1.58 bits per heavy atom. The predicted octanol–water partition coefficient (Wildman–Crippen LogP) is 1.66. The molecular weight excluding hydrogens is 150 g/mol. The molecule has 0 aliphatic heterocycles. The summed E-state index contributed by atoms with van der Waals surface area (Å²) in [6.45, 7) is 7.67. The van der Waals surface area contributed by atoms with Crippen molar-refractivity contribution in [2.45, 2.75) is 26.7 Å². The second-order valence-electron chi connectivity index (χ2n) is 4.11. The van der Waals surface area contributed by atoms with Crippen LogP contribution in [0.1, 0.15) is 26.7 Å². The van der Waals surface area contributed by atoms with Crippen molar-refractivity contribution < 1.29 is 4.74 Å². The zero-order valence-corrected chi connectivity index (χ0v) is 8.52. The van der Waals surface area contributed by atoms with Gasteiger partial charge in [-0.3, -0.25) is 0 Å². The van der Waals surface area contributed by atoms with Crippen LogP contribution in [0.3, 0.4) is 0 Å². The van der Waals surface area contributed by atoms with E-state index in [9.17, 15) is 0 Å². The molecule has 72 valence electrons. The average molecular weight is 171 g/mol. The lowest BCUT2D eigenvalue weighted by Crippen LogP contribution is -2.23. The zero-order chi connectivity index (χ0) is 9.03. The molecule has 1 saturated carbocycles. The van der Waals surface area contributed by atoms with Gasteiger partial charge in [-0.25, -0.2) is 0 Å². The Hall–Kier alpha value is -0.0800. The van der Waals surface area contributed by atoms with Gasteiger partial charge in [0.2, 0.25) is 0 Å². The summed E-state index contributed by atoms with van der Waals surface area (Å²) in [5.74, 6) is 0.916. The van der Waals surface area contributed by atoms with Gasteiger partial charge in [0.25, 0.3) is 0 Å². The van der Waals surface area contributed by atoms with Crippen LogP contribution >= 0.6 is 0 Å². The summed E-state index contributed by atoms with van der Waals surface area (Å²) in [6.07, 6.45) is 2.73. The number of methoxy groups -OCH3 is 1. The lowest BCUT2D eigenvalue weighted by atomic mass is 10.0. The third-order valence-corrected chi connectivity index (χ3v) is 3.22. The average Bonchev–Trinajstić information content (AvgIpc) is 2.73. The first-order valence-corrected chi connectivity index (χ1v) is 4.92. The lowest BCUT2D eigenvalue weighted by Gasteiger charge is -2.07. The number of hydrogen-bond donors (Lipinski definition) is 1. The van der Waals surface area contributed by atoms with Crippen LogP contribution in [0.5, 0.6) is 0 Å². The van der Waals surface area contributed by atoms with E-state index in [1.807, 2.05) is 0 Å². The first-order valence-electron chi connectivity index (χ1n) is 4.92. The van der Waals surface area contributed by atoms with Crippen LogP contribution in [0.15, 0.2) is 0 Å². The van der Waals surface area contributed by atoms with Crippen LogP contribution in [0.4, 0.5) is 0 Å². The molecule has 12 heavy (non-hydrogen) atoms. The highest BCUT2D eigenvalue weighted by atomic mass is 16.5. The van der Waals surface area contributed by atoms with Crippen molar-refractivity contribution in [3.8, 4) is 0 Å². The van der Waals surface area contributed by atoms with Crippen molar-refractivity contribution >= 4 is 0 Å². The summed E-state index contributed by atoms with van der Waals surface area (Å²) in [5.41, 5.74) is 0.653. The van der Waals surface area contributed by atoms with Gasteiger partial charge in [0.15, 0.2) is 0 Å². The second kappa shape index (κ2) is 4.24. The van der Waals surface area contributed by atoms with Crippen LogP contribution in [0.2, 0.25) is 0 Å². The summed E-state index contributed by atoms with van der Waals surface area (Å²) in [7, 11) is 1.75. The minimum Gasteiger partial charge on any atom is -0.383 e. The summed E-state index contributed by atoms with van der Waals surface area (Å²) in [5, 5.41) is 3.41. The first kappa shape index (κ1) is 10.0. The van der Waals surface area contributed by atoms with E-state index in [1.54, 1.807) is 7.11 Å². The van der Waals surface area contributed by atoms with Gasteiger partial charge < -0.3 is 10.1 Å². The SMILES string of the molecule is CCC1(C)CC1CNCCOC. The largest absolute Gasteiger partial charge is 0.383 e. The van der Waals surface area contributed by atoms with Gasteiger partial charge in [-0.05, 0) is 24.3 Å². The van der Waals surface area contributed by atoms with Crippen molar-refractivity contribution in [2.24, 2.45) is 11.3 Å². The number of nitrogens with one attached hydrogen (secondary N) is 1. The Kier molecular flexibility index (Phi) is 3.53. The molecule has 2 heteroatoms. The van der Waals surface area contributed by atoms with Gasteiger partial charge in [0, 0.05) is 13.7 Å². The van der Waals surface area contributed by atoms with E-state index in [0.29, 0.717) is 5.41 Å². The Morgan fingerprint density at radius 3 is 2.83 bits per heavy atom. The Labute approximate surface area is 75.7 Å². The molecule has 1 N–H and O–H groups in total. The molecule has 1 aliphatic rings. The zero-order valence-electron chi connectivity index (χ0n) is 8.52. The molecule has 0 saturated heterocycles. The molecule has 1 rings (SSSR count). The van der Waals surface area contributed by atoms with Crippen LogP contribution in [-0.2, 0) is 4.74 Å². The maximum absolute atomic E-state index is 4.96. The topological polar surface area (TPSA) is 21.3 Å². The van der Waals surface area contributed by atoms with Gasteiger partial charge in [-0.15, -0.1) is 0 Å². The van der Waals surface area contributed by atoms with E-state index < -0.39 is 0 Å². The van der Waals surface area contributed by atoms with Gasteiger partial charge >= 0.3 is 0 Å². The molecule has 1 aliphatic carbocycles. The maximum Gasteiger partial charge on any atom is 0.0587 e. The van der Waals surface area contributed by atoms with Crippen molar-refractivity contribution in [3.05, 3.63) is 0 Å². The summed E-state index contributed by atoms with van der Waals surface area (Å²) < 4.78 is 4.96. The van der Waals surface area contributed by atoms with Gasteiger partial charge in [-0.1, -0.05) is 20.3 Å². The van der Waals surface area contributed by atoms with E-state index in [1.165, 1.54) is 19.4 Å². The van der Waals surface area contributed by atoms with E-state index in [2.05, 4.69) is 19.2 Å². The molecule has 0 radical (unpaired) electrons. The fraction of sp³-hybridized carbons (Fsp3) is 1.00. The van der Waals surface area contributed by atoms with Gasteiger partial charge in [-0.2, -0.15) is 0 Å². The number of rotatable bonds is 6. The molecule has 2 unspecified atom stereocenters. The number of hydrogen-bond acceptors (Lipinski definition) is 2. The third-order valence-electron chi connectivity index (χ3n) is 3.22. The van der Waals surface area contributed by atoms with Crippen LogP contribution in [0, 0.1) is 11.3 Å². The molecule has 0 spiro atoms. The van der Waals surface area contributed by atoms with Crippen LogP contribution in [0.25, 0.3) is 0 Å². The highest BCUT2D eigenvalue weighted by molar-refractivity contribution is 4.98. The minimum absolute atomic E-state index is 0.653.